The van der Waals surface area contributed by atoms with Crippen LogP contribution in [-0.4, -0.2) is 32.8 Å². The lowest BCUT2D eigenvalue weighted by Crippen LogP contribution is -2.17. The maximum Gasteiger partial charge on any atom is 0.259 e. The van der Waals surface area contributed by atoms with Crippen molar-refractivity contribution in [3.8, 4) is 11.3 Å². The van der Waals surface area contributed by atoms with Gasteiger partial charge in [0, 0.05) is 29.9 Å². The molecule has 23 heavy (non-hydrogen) atoms. The minimum atomic E-state index is -0.500. The third-order valence-corrected chi connectivity index (χ3v) is 2.41. The van der Waals surface area contributed by atoms with Crippen LogP contribution in [-0.2, 0) is 7.05 Å². The van der Waals surface area contributed by atoms with Gasteiger partial charge in [0.1, 0.15) is 5.69 Å². The van der Waals surface area contributed by atoms with Crippen LogP contribution in [0.4, 0.5) is 0 Å². The van der Waals surface area contributed by atoms with Crippen LogP contribution in [0.25, 0.3) is 11.3 Å². The second-order valence-corrected chi connectivity index (χ2v) is 4.16. The Bertz CT molecular complexity index is 661. The number of carbonyl (C=O) groups excluding carboxylic acids is 1. The second kappa shape index (κ2) is 9.72. The molecular formula is C15H20N4O4. The number of hydrogen-bond acceptors (Lipinski definition) is 5. The van der Waals surface area contributed by atoms with Crippen molar-refractivity contribution < 1.29 is 14.8 Å². The zero-order chi connectivity index (χ0) is 16.5. The highest BCUT2D eigenvalue weighted by Gasteiger charge is 2.15. The number of amides is 1. The molecule has 0 fully saturated rings. The predicted molar refractivity (Wildman–Crippen MR) is 87.5 cm³/mol. The molecule has 124 valence electrons. The largest absolute Gasteiger partial charge is 0.514 e. The number of nitro groups is 1. The molecule has 2 aromatic rings. The number of rotatable bonds is 3. The molecule has 0 unspecified atom stereocenters. The summed E-state index contributed by atoms with van der Waals surface area (Å²) in [5.74, 6) is -0.313. The summed E-state index contributed by atoms with van der Waals surface area (Å²) < 4.78 is 1.58. The summed E-state index contributed by atoms with van der Waals surface area (Å²) in [6.07, 6.45) is 3.59. The standard InChI is InChI=1S/C13H13N3O2.CH3NO2.CH4/c1-16-9-11(13(18)14-7-8-17)12(15-16)10-5-3-2-4-6-10;1-2(3)4;/h2-9,17H,1H3,(H,14,18);1H3;1H4/b8-7-;;. The highest BCUT2D eigenvalue weighted by atomic mass is 16.6. The van der Waals surface area contributed by atoms with Gasteiger partial charge in [-0.05, 0) is 0 Å². The SMILES string of the molecule is C.C[N+](=O)[O-].Cn1cc(C(=O)N/C=C\O)c(-c2ccccc2)n1. The first-order chi connectivity index (χ1) is 10.5. The third kappa shape index (κ3) is 6.42. The van der Waals surface area contributed by atoms with Crippen LogP contribution in [0.15, 0.2) is 49.0 Å². The summed E-state index contributed by atoms with van der Waals surface area (Å²) >= 11 is 0. The van der Waals surface area contributed by atoms with E-state index in [1.165, 1.54) is 6.20 Å². The van der Waals surface area contributed by atoms with E-state index < -0.39 is 4.92 Å². The van der Waals surface area contributed by atoms with Gasteiger partial charge in [-0.3, -0.25) is 19.6 Å². The fourth-order valence-electron chi connectivity index (χ4n) is 1.65. The number of benzene rings is 1. The van der Waals surface area contributed by atoms with Crippen LogP contribution >= 0.6 is 0 Å². The van der Waals surface area contributed by atoms with E-state index in [4.69, 9.17) is 15.2 Å². The molecule has 1 aromatic carbocycles. The molecule has 0 atom stereocenters. The van der Waals surface area contributed by atoms with Crippen LogP contribution in [0.2, 0.25) is 0 Å². The molecule has 0 aliphatic carbocycles. The monoisotopic (exact) mass is 320 g/mol. The minimum Gasteiger partial charge on any atom is -0.514 e. The fraction of sp³-hybridized carbons (Fsp3) is 0.200. The quantitative estimate of drug-likeness (QED) is 0.512. The number of aryl methyl sites for hydroxylation is 1. The number of nitrogens with zero attached hydrogens (tertiary/aromatic N) is 3. The van der Waals surface area contributed by atoms with Gasteiger partial charge < -0.3 is 10.4 Å². The Kier molecular flexibility index (Phi) is 8.38. The Morgan fingerprint density at radius 3 is 2.48 bits per heavy atom. The Balaban J connectivity index is 0.000000871. The molecule has 0 radical (unpaired) electrons. The fourth-order valence-corrected chi connectivity index (χ4v) is 1.65. The Labute approximate surface area is 134 Å². The van der Waals surface area contributed by atoms with Gasteiger partial charge in [-0.1, -0.05) is 37.8 Å². The molecule has 2 rings (SSSR count). The van der Waals surface area contributed by atoms with Gasteiger partial charge in [-0.2, -0.15) is 5.10 Å². The van der Waals surface area contributed by atoms with Crippen molar-refractivity contribution in [2.75, 3.05) is 7.05 Å². The van der Waals surface area contributed by atoms with Crippen LogP contribution in [0.1, 0.15) is 17.8 Å². The third-order valence-electron chi connectivity index (χ3n) is 2.41. The van der Waals surface area contributed by atoms with Crippen molar-refractivity contribution in [2.45, 2.75) is 7.43 Å². The molecule has 8 nitrogen and oxygen atoms in total. The van der Waals surface area contributed by atoms with Gasteiger partial charge in [-0.25, -0.2) is 0 Å². The maximum absolute atomic E-state index is 11.9. The first kappa shape index (κ1) is 19.8. The number of aromatic nitrogens is 2. The molecule has 0 bridgehead atoms. The summed E-state index contributed by atoms with van der Waals surface area (Å²) in [6.45, 7) is 0. The van der Waals surface area contributed by atoms with Gasteiger partial charge in [-0.15, -0.1) is 0 Å². The van der Waals surface area contributed by atoms with Gasteiger partial charge in [0.25, 0.3) is 5.91 Å². The molecule has 1 aromatic heterocycles. The summed E-state index contributed by atoms with van der Waals surface area (Å²) in [5, 5.41) is 24.1. The second-order valence-electron chi connectivity index (χ2n) is 4.16. The zero-order valence-corrected chi connectivity index (χ0v) is 12.1. The molecule has 1 heterocycles. The molecule has 8 heteroatoms. The van der Waals surface area contributed by atoms with Gasteiger partial charge in [0.05, 0.1) is 11.8 Å². The Morgan fingerprint density at radius 2 is 1.96 bits per heavy atom. The lowest BCUT2D eigenvalue weighted by Gasteiger charge is -2.00. The van der Waals surface area contributed by atoms with E-state index >= 15 is 0 Å². The lowest BCUT2D eigenvalue weighted by molar-refractivity contribution is -0.445. The smallest absolute Gasteiger partial charge is 0.259 e. The highest BCUT2D eigenvalue weighted by Crippen LogP contribution is 2.21. The Hall–Kier alpha value is -3.16. The highest BCUT2D eigenvalue weighted by molar-refractivity contribution is 6.00. The van der Waals surface area contributed by atoms with Gasteiger partial charge >= 0.3 is 0 Å². The molecule has 2 N–H and O–H groups in total. The van der Waals surface area contributed by atoms with Crippen LogP contribution in [0, 0.1) is 10.1 Å². The summed E-state index contributed by atoms with van der Waals surface area (Å²) in [6, 6.07) is 9.46. The van der Waals surface area contributed by atoms with Crippen molar-refractivity contribution in [3.05, 3.63) is 64.7 Å². The number of hydrogen-bond donors (Lipinski definition) is 2. The van der Waals surface area contributed by atoms with Crippen molar-refractivity contribution in [1.29, 1.82) is 0 Å². The van der Waals surface area contributed by atoms with Gasteiger partial charge in [0.2, 0.25) is 0 Å². The molecule has 0 saturated heterocycles. The number of aliphatic hydroxyl groups is 1. The molecule has 1 amide bonds. The van der Waals surface area contributed by atoms with E-state index in [0.29, 0.717) is 11.3 Å². The Morgan fingerprint density at radius 1 is 1.39 bits per heavy atom. The van der Waals surface area contributed by atoms with Crippen molar-refractivity contribution >= 4 is 5.91 Å². The van der Waals surface area contributed by atoms with E-state index in [1.54, 1.807) is 17.9 Å². The first-order valence-corrected chi connectivity index (χ1v) is 6.23. The van der Waals surface area contributed by atoms with Crippen LogP contribution in [0.5, 0.6) is 0 Å². The lowest BCUT2D eigenvalue weighted by atomic mass is 10.1. The minimum absolute atomic E-state index is 0. The predicted octanol–water partition coefficient (Wildman–Crippen LogP) is 2.38. The van der Waals surface area contributed by atoms with E-state index in [-0.39, 0.29) is 13.3 Å². The van der Waals surface area contributed by atoms with Crippen molar-refractivity contribution in [3.63, 3.8) is 0 Å². The molecule has 0 spiro atoms. The van der Waals surface area contributed by atoms with Crippen LogP contribution in [0.3, 0.4) is 0 Å². The summed E-state index contributed by atoms with van der Waals surface area (Å²) in [7, 11) is 2.64. The van der Waals surface area contributed by atoms with E-state index in [1.807, 2.05) is 30.3 Å². The zero-order valence-electron chi connectivity index (χ0n) is 12.1. The van der Waals surface area contributed by atoms with Crippen LogP contribution < -0.4 is 5.32 Å². The number of carbonyl (C=O) groups is 1. The molecule has 0 aliphatic rings. The average molecular weight is 320 g/mol. The van der Waals surface area contributed by atoms with Crippen molar-refractivity contribution in [2.24, 2.45) is 7.05 Å². The molecular weight excluding hydrogens is 300 g/mol. The normalized spacial score (nSPS) is 9.48. The topological polar surface area (TPSA) is 110 Å². The van der Waals surface area contributed by atoms with E-state index in [2.05, 4.69) is 10.4 Å². The van der Waals surface area contributed by atoms with Crippen molar-refractivity contribution in [1.82, 2.24) is 15.1 Å². The average Bonchev–Trinajstić information content (AvgIpc) is 2.87. The molecule has 0 aliphatic heterocycles. The summed E-state index contributed by atoms with van der Waals surface area (Å²) in [5.41, 5.74) is 1.94. The number of aliphatic hydroxyl groups excluding tert-OH is 1. The first-order valence-electron chi connectivity index (χ1n) is 6.23. The van der Waals surface area contributed by atoms with Gasteiger partial charge in [0.15, 0.2) is 7.05 Å². The number of nitrogens with one attached hydrogen (secondary N) is 1. The van der Waals surface area contributed by atoms with E-state index in [9.17, 15) is 4.79 Å². The summed E-state index contributed by atoms with van der Waals surface area (Å²) in [4.78, 5) is 20.2. The van der Waals surface area contributed by atoms with E-state index in [0.717, 1.165) is 18.9 Å². The maximum atomic E-state index is 11.9. The molecule has 0 saturated carbocycles.